The number of anilines is 1. The van der Waals surface area contributed by atoms with Gasteiger partial charge >= 0.3 is 0 Å². The number of nitrogens with zero attached hydrogens (tertiary/aromatic N) is 3. The molecule has 1 heterocycles. The first-order valence-electron chi connectivity index (χ1n) is 6.12. The van der Waals surface area contributed by atoms with Crippen molar-refractivity contribution in [2.24, 2.45) is 0 Å². The first-order valence-corrected chi connectivity index (χ1v) is 6.12. The number of amides is 1. The quantitative estimate of drug-likeness (QED) is 0.669. The Bertz CT molecular complexity index is 740. The summed E-state index contributed by atoms with van der Waals surface area (Å²) in [5, 5.41) is 21.8. The Hall–Kier alpha value is -3.47. The molecule has 1 N–H and O–H groups in total. The van der Waals surface area contributed by atoms with Crippen LogP contribution in [0.15, 0.2) is 42.7 Å². The van der Waals surface area contributed by atoms with Crippen molar-refractivity contribution >= 4 is 17.3 Å². The molecule has 22 heavy (non-hydrogen) atoms. The molecular formula is C14H10N4O4. The summed E-state index contributed by atoms with van der Waals surface area (Å²) in [4.78, 5) is 25.6. The molecule has 0 aliphatic carbocycles. The number of carbonyl (C=O) groups excluding carboxylic acids is 1. The van der Waals surface area contributed by atoms with Gasteiger partial charge in [0.1, 0.15) is 17.9 Å². The molecule has 0 radical (unpaired) electrons. The van der Waals surface area contributed by atoms with Crippen molar-refractivity contribution in [1.82, 2.24) is 4.98 Å². The second-order valence-electron chi connectivity index (χ2n) is 4.15. The standard InChI is InChI=1S/C14H10N4O4/c15-4-3-14(19)17-10-6-11(18(20)21)8-13(7-10)22-12-2-1-5-16-9-12/h1-2,5-9H,3H2,(H,17,19). The van der Waals surface area contributed by atoms with Gasteiger partial charge in [-0.25, -0.2) is 0 Å². The minimum absolute atomic E-state index is 0.174. The van der Waals surface area contributed by atoms with Gasteiger partial charge < -0.3 is 10.1 Å². The van der Waals surface area contributed by atoms with E-state index in [0.29, 0.717) is 5.75 Å². The normalized spacial score (nSPS) is 9.59. The van der Waals surface area contributed by atoms with E-state index in [-0.39, 0.29) is 23.5 Å². The zero-order chi connectivity index (χ0) is 15.9. The first-order chi connectivity index (χ1) is 10.6. The van der Waals surface area contributed by atoms with E-state index in [0.717, 1.165) is 0 Å². The van der Waals surface area contributed by atoms with Crippen LogP contribution in [0, 0.1) is 21.4 Å². The minimum Gasteiger partial charge on any atom is -0.455 e. The molecule has 1 amide bonds. The van der Waals surface area contributed by atoms with Crippen LogP contribution in [0.5, 0.6) is 11.5 Å². The predicted octanol–water partition coefficient (Wildman–Crippen LogP) is 2.63. The van der Waals surface area contributed by atoms with Crippen LogP contribution in [0.4, 0.5) is 11.4 Å². The van der Waals surface area contributed by atoms with Gasteiger partial charge in [0.2, 0.25) is 5.91 Å². The van der Waals surface area contributed by atoms with Crippen LogP contribution >= 0.6 is 0 Å². The van der Waals surface area contributed by atoms with Gasteiger partial charge in [-0.3, -0.25) is 19.9 Å². The van der Waals surface area contributed by atoms with Crippen LogP contribution < -0.4 is 10.1 Å². The molecule has 0 aliphatic rings. The number of nitrogens with one attached hydrogen (secondary N) is 1. The zero-order valence-corrected chi connectivity index (χ0v) is 11.2. The molecule has 2 rings (SSSR count). The third-order valence-corrected chi connectivity index (χ3v) is 2.50. The average Bonchev–Trinajstić information content (AvgIpc) is 2.48. The van der Waals surface area contributed by atoms with Crippen molar-refractivity contribution in [1.29, 1.82) is 5.26 Å². The number of nitriles is 1. The molecule has 0 fully saturated rings. The number of nitro groups is 1. The molecule has 0 bridgehead atoms. The summed E-state index contributed by atoms with van der Waals surface area (Å²) in [6.45, 7) is 0. The lowest BCUT2D eigenvalue weighted by Crippen LogP contribution is -2.10. The maximum atomic E-state index is 11.4. The Morgan fingerprint density at radius 1 is 1.41 bits per heavy atom. The van der Waals surface area contributed by atoms with Crippen LogP contribution in [0.25, 0.3) is 0 Å². The number of ether oxygens (including phenoxy) is 1. The van der Waals surface area contributed by atoms with E-state index in [2.05, 4.69) is 10.3 Å². The van der Waals surface area contributed by atoms with Crippen LogP contribution in [0.2, 0.25) is 0 Å². The van der Waals surface area contributed by atoms with Crippen LogP contribution in [0.3, 0.4) is 0 Å². The van der Waals surface area contributed by atoms with E-state index >= 15 is 0 Å². The number of aromatic nitrogens is 1. The van der Waals surface area contributed by atoms with Crippen molar-refractivity contribution in [3.8, 4) is 17.6 Å². The van der Waals surface area contributed by atoms with E-state index in [1.807, 2.05) is 0 Å². The van der Waals surface area contributed by atoms with Gasteiger partial charge in [-0.05, 0) is 12.1 Å². The Morgan fingerprint density at radius 2 is 2.23 bits per heavy atom. The Morgan fingerprint density at radius 3 is 2.86 bits per heavy atom. The second-order valence-corrected chi connectivity index (χ2v) is 4.15. The molecule has 0 unspecified atom stereocenters. The Labute approximate surface area is 125 Å². The molecular weight excluding hydrogens is 288 g/mol. The summed E-state index contributed by atoms with van der Waals surface area (Å²) in [6, 6.07) is 8.83. The molecule has 1 aromatic carbocycles. The molecule has 0 saturated carbocycles. The van der Waals surface area contributed by atoms with E-state index in [4.69, 9.17) is 10.00 Å². The molecule has 8 heteroatoms. The number of benzene rings is 1. The van der Waals surface area contributed by atoms with Crippen molar-refractivity contribution in [2.45, 2.75) is 6.42 Å². The first kappa shape index (κ1) is 14.9. The average molecular weight is 298 g/mol. The van der Waals surface area contributed by atoms with Gasteiger partial charge in [0, 0.05) is 18.3 Å². The number of hydrogen-bond donors (Lipinski definition) is 1. The van der Waals surface area contributed by atoms with Gasteiger partial charge in [0.25, 0.3) is 5.69 Å². The van der Waals surface area contributed by atoms with Crippen molar-refractivity contribution in [3.63, 3.8) is 0 Å². The van der Waals surface area contributed by atoms with Crippen LogP contribution in [0.1, 0.15) is 6.42 Å². The summed E-state index contributed by atoms with van der Waals surface area (Å²) in [6.07, 6.45) is 2.67. The second kappa shape index (κ2) is 6.81. The van der Waals surface area contributed by atoms with E-state index in [9.17, 15) is 14.9 Å². The van der Waals surface area contributed by atoms with Crippen LogP contribution in [-0.2, 0) is 4.79 Å². The summed E-state index contributed by atoms with van der Waals surface area (Å²) in [5.74, 6) is 0.0158. The fourth-order valence-electron chi connectivity index (χ4n) is 1.64. The predicted molar refractivity (Wildman–Crippen MR) is 76.3 cm³/mol. The van der Waals surface area contributed by atoms with Crippen molar-refractivity contribution in [2.75, 3.05) is 5.32 Å². The number of nitro benzene ring substituents is 1. The van der Waals surface area contributed by atoms with Gasteiger partial charge in [-0.2, -0.15) is 5.26 Å². The maximum absolute atomic E-state index is 11.4. The van der Waals surface area contributed by atoms with E-state index in [1.165, 1.54) is 24.4 Å². The molecule has 2 aromatic rings. The Balaban J connectivity index is 2.29. The molecule has 0 aliphatic heterocycles. The highest BCUT2D eigenvalue weighted by Crippen LogP contribution is 2.29. The van der Waals surface area contributed by atoms with Crippen molar-refractivity contribution in [3.05, 3.63) is 52.8 Å². The Kier molecular flexibility index (Phi) is 4.62. The molecule has 110 valence electrons. The van der Waals surface area contributed by atoms with E-state index in [1.54, 1.807) is 24.4 Å². The molecule has 0 saturated heterocycles. The number of pyridine rings is 1. The highest BCUT2D eigenvalue weighted by atomic mass is 16.6. The summed E-state index contributed by atoms with van der Waals surface area (Å²) < 4.78 is 5.47. The third-order valence-electron chi connectivity index (χ3n) is 2.50. The van der Waals surface area contributed by atoms with Gasteiger partial charge in [0.05, 0.1) is 28.9 Å². The fourth-order valence-corrected chi connectivity index (χ4v) is 1.64. The maximum Gasteiger partial charge on any atom is 0.275 e. The lowest BCUT2D eigenvalue weighted by molar-refractivity contribution is -0.384. The van der Waals surface area contributed by atoms with Crippen LogP contribution in [-0.4, -0.2) is 15.8 Å². The molecule has 0 atom stereocenters. The fraction of sp³-hybridized carbons (Fsp3) is 0.0714. The van der Waals surface area contributed by atoms with Gasteiger partial charge in [-0.1, -0.05) is 0 Å². The van der Waals surface area contributed by atoms with E-state index < -0.39 is 10.8 Å². The SMILES string of the molecule is N#CCC(=O)Nc1cc(Oc2cccnc2)cc([N+](=O)[O-])c1. The number of carbonyl (C=O) groups is 1. The van der Waals surface area contributed by atoms with Gasteiger partial charge in [0.15, 0.2) is 0 Å². The lowest BCUT2D eigenvalue weighted by atomic mass is 10.2. The number of non-ortho nitro benzene ring substituents is 1. The summed E-state index contributed by atoms with van der Waals surface area (Å²) in [5.41, 5.74) is -0.0676. The molecule has 1 aromatic heterocycles. The summed E-state index contributed by atoms with van der Waals surface area (Å²) >= 11 is 0. The topological polar surface area (TPSA) is 118 Å². The largest absolute Gasteiger partial charge is 0.455 e. The third kappa shape index (κ3) is 4.01. The number of hydrogen-bond acceptors (Lipinski definition) is 6. The van der Waals surface area contributed by atoms with Crippen molar-refractivity contribution < 1.29 is 14.5 Å². The molecule has 8 nitrogen and oxygen atoms in total. The zero-order valence-electron chi connectivity index (χ0n) is 11.2. The smallest absolute Gasteiger partial charge is 0.275 e. The lowest BCUT2D eigenvalue weighted by Gasteiger charge is -2.08. The highest BCUT2D eigenvalue weighted by molar-refractivity contribution is 5.92. The van der Waals surface area contributed by atoms with Gasteiger partial charge in [-0.15, -0.1) is 0 Å². The summed E-state index contributed by atoms with van der Waals surface area (Å²) in [7, 11) is 0. The highest BCUT2D eigenvalue weighted by Gasteiger charge is 2.13. The monoisotopic (exact) mass is 298 g/mol. The number of rotatable bonds is 5. The minimum atomic E-state index is -0.601. The molecule has 0 spiro atoms.